The second-order valence-electron chi connectivity index (χ2n) is 7.10. The molecule has 2 aromatic heterocycles. The van der Waals surface area contributed by atoms with Gasteiger partial charge in [0.05, 0.1) is 18.3 Å². The van der Waals surface area contributed by atoms with Crippen LogP contribution in [-0.4, -0.2) is 17.1 Å². The van der Waals surface area contributed by atoms with Crippen LogP contribution in [0.15, 0.2) is 54.9 Å². The number of hydrogen-bond donors (Lipinski definition) is 0. The van der Waals surface area contributed by atoms with Crippen molar-refractivity contribution in [3.05, 3.63) is 66.0 Å². The molecule has 122 valence electrons. The van der Waals surface area contributed by atoms with Gasteiger partial charge in [0.15, 0.2) is 0 Å². The summed E-state index contributed by atoms with van der Waals surface area (Å²) in [6.45, 7) is 4.53. The van der Waals surface area contributed by atoms with E-state index in [0.29, 0.717) is 0 Å². The number of methoxy groups -OCH3 is 1. The molecular formula is C22H18N2O. The zero-order chi connectivity index (χ0) is 17.2. The first-order valence-electron chi connectivity index (χ1n) is 8.47. The highest BCUT2D eigenvalue weighted by Gasteiger charge is 2.41. The van der Waals surface area contributed by atoms with Crippen molar-refractivity contribution in [3.8, 4) is 17.0 Å². The van der Waals surface area contributed by atoms with E-state index in [0.717, 1.165) is 27.9 Å². The van der Waals surface area contributed by atoms with Crippen molar-refractivity contribution in [1.29, 1.82) is 0 Å². The van der Waals surface area contributed by atoms with Gasteiger partial charge in [-0.1, -0.05) is 38.1 Å². The molecule has 1 aliphatic carbocycles. The Morgan fingerprint density at radius 2 is 1.72 bits per heavy atom. The summed E-state index contributed by atoms with van der Waals surface area (Å²) in [7, 11) is 1.73. The van der Waals surface area contributed by atoms with Crippen molar-refractivity contribution in [3.63, 3.8) is 0 Å². The first-order valence-corrected chi connectivity index (χ1v) is 8.47. The number of pyridine rings is 2. The standard InChI is InChI=1S/C22H18N2O/c1-22(2)18-15-9-5-4-7-13(15)11-16(25-3)17(18)21-19(22)20-14(12-24-21)8-6-10-23-20/h4-12H,1-3H3. The molecule has 0 saturated heterocycles. The van der Waals surface area contributed by atoms with Gasteiger partial charge >= 0.3 is 0 Å². The first kappa shape index (κ1) is 14.4. The van der Waals surface area contributed by atoms with Crippen LogP contribution in [0.25, 0.3) is 32.9 Å². The van der Waals surface area contributed by atoms with E-state index in [1.807, 2.05) is 18.5 Å². The van der Waals surface area contributed by atoms with Gasteiger partial charge in [0.1, 0.15) is 5.75 Å². The molecule has 0 N–H and O–H groups in total. The van der Waals surface area contributed by atoms with Crippen molar-refractivity contribution in [2.75, 3.05) is 7.11 Å². The lowest BCUT2D eigenvalue weighted by Crippen LogP contribution is -2.16. The van der Waals surface area contributed by atoms with Gasteiger partial charge in [0, 0.05) is 34.3 Å². The molecule has 3 heteroatoms. The Labute approximate surface area is 146 Å². The van der Waals surface area contributed by atoms with Crippen LogP contribution in [0.4, 0.5) is 0 Å². The van der Waals surface area contributed by atoms with Crippen molar-refractivity contribution in [2.45, 2.75) is 19.3 Å². The Bertz CT molecular complexity index is 1160. The Kier molecular flexibility index (Phi) is 2.76. The van der Waals surface area contributed by atoms with Gasteiger partial charge in [0.2, 0.25) is 0 Å². The molecule has 2 aromatic carbocycles. The third kappa shape index (κ3) is 1.75. The maximum absolute atomic E-state index is 5.77. The van der Waals surface area contributed by atoms with Crippen LogP contribution in [0.3, 0.4) is 0 Å². The van der Waals surface area contributed by atoms with Crippen LogP contribution in [0.2, 0.25) is 0 Å². The number of benzene rings is 2. The van der Waals surface area contributed by atoms with Gasteiger partial charge in [-0.2, -0.15) is 0 Å². The summed E-state index contributed by atoms with van der Waals surface area (Å²) in [4.78, 5) is 9.51. The summed E-state index contributed by atoms with van der Waals surface area (Å²) in [5.41, 5.74) is 5.40. The highest BCUT2D eigenvalue weighted by atomic mass is 16.5. The predicted molar refractivity (Wildman–Crippen MR) is 101 cm³/mol. The molecule has 3 nitrogen and oxygen atoms in total. The molecule has 0 atom stereocenters. The molecule has 5 rings (SSSR count). The summed E-state index contributed by atoms with van der Waals surface area (Å²) in [5.74, 6) is 0.878. The third-order valence-corrected chi connectivity index (χ3v) is 5.37. The van der Waals surface area contributed by atoms with Crippen molar-refractivity contribution < 1.29 is 4.74 Å². The summed E-state index contributed by atoms with van der Waals surface area (Å²) in [6.07, 6.45) is 3.78. The van der Waals surface area contributed by atoms with Crippen LogP contribution in [0.1, 0.15) is 25.0 Å². The quantitative estimate of drug-likeness (QED) is 0.488. The number of aromatic nitrogens is 2. The number of hydrogen-bond acceptors (Lipinski definition) is 3. The minimum absolute atomic E-state index is 0.195. The summed E-state index contributed by atoms with van der Waals surface area (Å²) in [6, 6.07) is 14.6. The molecule has 4 aromatic rings. The summed E-state index contributed by atoms with van der Waals surface area (Å²) in [5, 5.41) is 3.52. The molecule has 0 bridgehead atoms. The monoisotopic (exact) mass is 326 g/mol. The molecule has 0 aliphatic heterocycles. The highest BCUT2D eigenvalue weighted by molar-refractivity contribution is 6.03. The van der Waals surface area contributed by atoms with Gasteiger partial charge in [-0.25, -0.2) is 0 Å². The van der Waals surface area contributed by atoms with E-state index in [2.05, 4.69) is 55.2 Å². The summed E-state index contributed by atoms with van der Waals surface area (Å²) < 4.78 is 5.77. The highest BCUT2D eigenvalue weighted by Crippen LogP contribution is 2.55. The number of fused-ring (bicyclic) bond motifs is 7. The van der Waals surface area contributed by atoms with Crippen LogP contribution in [-0.2, 0) is 5.41 Å². The third-order valence-electron chi connectivity index (χ3n) is 5.37. The Morgan fingerprint density at radius 3 is 2.56 bits per heavy atom. The molecule has 0 radical (unpaired) electrons. The van der Waals surface area contributed by atoms with Crippen molar-refractivity contribution >= 4 is 21.7 Å². The normalized spacial score (nSPS) is 14.5. The Hall–Kier alpha value is -2.94. The molecule has 0 amide bonds. The topological polar surface area (TPSA) is 35.0 Å². The molecule has 1 aliphatic rings. The van der Waals surface area contributed by atoms with Gasteiger partial charge < -0.3 is 4.74 Å². The maximum Gasteiger partial charge on any atom is 0.129 e. The lowest BCUT2D eigenvalue weighted by Gasteiger charge is -2.24. The molecule has 0 saturated carbocycles. The minimum atomic E-state index is -0.195. The lowest BCUT2D eigenvalue weighted by molar-refractivity contribution is 0.416. The first-order chi connectivity index (χ1) is 12.1. The van der Waals surface area contributed by atoms with E-state index in [1.165, 1.54) is 21.9 Å². The van der Waals surface area contributed by atoms with Crippen LogP contribution in [0.5, 0.6) is 5.75 Å². The SMILES string of the molecule is COc1cc2ccccc2c2c1-c1ncc3cccnc3c1C2(C)C. The largest absolute Gasteiger partial charge is 0.496 e. The zero-order valence-corrected chi connectivity index (χ0v) is 14.5. The van der Waals surface area contributed by atoms with E-state index in [1.54, 1.807) is 7.11 Å². The number of rotatable bonds is 1. The van der Waals surface area contributed by atoms with E-state index in [4.69, 9.17) is 9.72 Å². The lowest BCUT2D eigenvalue weighted by atomic mass is 9.79. The van der Waals surface area contributed by atoms with Gasteiger partial charge in [-0.3, -0.25) is 9.97 Å². The smallest absolute Gasteiger partial charge is 0.129 e. The van der Waals surface area contributed by atoms with Crippen LogP contribution in [0, 0.1) is 0 Å². The molecule has 0 spiro atoms. The predicted octanol–water partition coefficient (Wildman–Crippen LogP) is 5.10. The van der Waals surface area contributed by atoms with Gasteiger partial charge in [-0.05, 0) is 34.5 Å². The molecule has 0 fully saturated rings. The number of nitrogens with zero attached hydrogens (tertiary/aromatic N) is 2. The van der Waals surface area contributed by atoms with Crippen molar-refractivity contribution in [2.24, 2.45) is 0 Å². The second-order valence-corrected chi connectivity index (χ2v) is 7.10. The fraction of sp³-hybridized carbons (Fsp3) is 0.182. The van der Waals surface area contributed by atoms with E-state index in [-0.39, 0.29) is 5.41 Å². The molecule has 25 heavy (non-hydrogen) atoms. The fourth-order valence-electron chi connectivity index (χ4n) is 4.32. The average Bonchev–Trinajstić information content (AvgIpc) is 2.89. The molecule has 2 heterocycles. The second kappa shape index (κ2) is 4.79. The van der Waals surface area contributed by atoms with E-state index >= 15 is 0 Å². The molecule has 0 unspecified atom stereocenters. The van der Waals surface area contributed by atoms with Crippen molar-refractivity contribution in [1.82, 2.24) is 9.97 Å². The van der Waals surface area contributed by atoms with E-state index < -0.39 is 0 Å². The fourth-order valence-corrected chi connectivity index (χ4v) is 4.32. The Morgan fingerprint density at radius 1 is 0.920 bits per heavy atom. The van der Waals surface area contributed by atoms with Crippen LogP contribution >= 0.6 is 0 Å². The van der Waals surface area contributed by atoms with Crippen LogP contribution < -0.4 is 4.74 Å². The Balaban J connectivity index is 2.02. The number of ether oxygens (including phenoxy) is 1. The average molecular weight is 326 g/mol. The minimum Gasteiger partial charge on any atom is -0.496 e. The zero-order valence-electron chi connectivity index (χ0n) is 14.5. The van der Waals surface area contributed by atoms with Gasteiger partial charge in [-0.15, -0.1) is 0 Å². The summed E-state index contributed by atoms with van der Waals surface area (Å²) >= 11 is 0. The maximum atomic E-state index is 5.77. The molecular weight excluding hydrogens is 308 g/mol. The van der Waals surface area contributed by atoms with E-state index in [9.17, 15) is 0 Å². The van der Waals surface area contributed by atoms with Gasteiger partial charge in [0.25, 0.3) is 0 Å².